The number of fused-ring (bicyclic) bond motifs is 1. The third-order valence-corrected chi connectivity index (χ3v) is 5.17. The van der Waals surface area contributed by atoms with Crippen molar-refractivity contribution in [3.05, 3.63) is 58.8 Å². The average Bonchev–Trinajstić information content (AvgIpc) is 2.55. The number of nitrogens with two attached hydrogens (primary N) is 1. The number of sulfonamides is 1. The number of anilines is 1. The molecule has 24 heavy (non-hydrogen) atoms. The topological polar surface area (TPSA) is 115 Å². The van der Waals surface area contributed by atoms with Crippen LogP contribution in [0.5, 0.6) is 0 Å². The van der Waals surface area contributed by atoms with E-state index >= 15 is 0 Å². The number of pyridine rings is 2. The largest absolute Gasteiger partial charge is 0.366 e. The van der Waals surface area contributed by atoms with Gasteiger partial charge in [-0.25, -0.2) is 4.98 Å². The van der Waals surface area contributed by atoms with E-state index in [2.05, 4.69) is 30.6 Å². The van der Waals surface area contributed by atoms with E-state index in [-0.39, 0.29) is 16.3 Å². The summed E-state index contributed by atoms with van der Waals surface area (Å²) < 4.78 is 27.8. The van der Waals surface area contributed by atoms with E-state index in [0.717, 1.165) is 0 Å². The highest BCUT2D eigenvalue weighted by molar-refractivity contribution is 9.10. The highest BCUT2D eigenvalue weighted by atomic mass is 79.9. The van der Waals surface area contributed by atoms with Gasteiger partial charge >= 0.3 is 0 Å². The van der Waals surface area contributed by atoms with E-state index in [0.29, 0.717) is 15.4 Å². The van der Waals surface area contributed by atoms with Crippen molar-refractivity contribution in [2.45, 2.75) is 5.03 Å². The first-order valence-corrected chi connectivity index (χ1v) is 8.98. The summed E-state index contributed by atoms with van der Waals surface area (Å²) in [7, 11) is -3.97. The zero-order chi connectivity index (χ0) is 17.3. The Hall–Kier alpha value is -2.52. The van der Waals surface area contributed by atoms with Crippen LogP contribution in [0.2, 0.25) is 0 Å². The maximum atomic E-state index is 12.4. The Morgan fingerprint density at radius 1 is 1.12 bits per heavy atom. The molecule has 3 aromatic rings. The van der Waals surface area contributed by atoms with Gasteiger partial charge in [-0.1, -0.05) is 18.2 Å². The van der Waals surface area contributed by atoms with Gasteiger partial charge < -0.3 is 5.73 Å². The van der Waals surface area contributed by atoms with E-state index in [1.54, 1.807) is 30.3 Å². The van der Waals surface area contributed by atoms with Gasteiger partial charge in [0, 0.05) is 16.1 Å². The number of hydrogen-bond acceptors (Lipinski definition) is 5. The summed E-state index contributed by atoms with van der Waals surface area (Å²) in [5, 5.41) is 0.271. The van der Waals surface area contributed by atoms with Crippen LogP contribution in [-0.4, -0.2) is 24.3 Å². The van der Waals surface area contributed by atoms with Crippen molar-refractivity contribution in [2.75, 3.05) is 4.72 Å². The van der Waals surface area contributed by atoms with E-state index in [9.17, 15) is 13.2 Å². The molecule has 0 spiro atoms. The molecule has 2 heterocycles. The molecule has 0 fully saturated rings. The molecule has 0 saturated carbocycles. The molecule has 0 aliphatic heterocycles. The zero-order valence-corrected chi connectivity index (χ0v) is 14.5. The van der Waals surface area contributed by atoms with Crippen molar-refractivity contribution in [3.63, 3.8) is 0 Å². The van der Waals surface area contributed by atoms with Crippen LogP contribution in [0.4, 0.5) is 5.69 Å². The minimum absolute atomic E-state index is 0.00115. The molecule has 0 radical (unpaired) electrons. The minimum Gasteiger partial charge on any atom is -0.366 e. The summed E-state index contributed by atoms with van der Waals surface area (Å²) >= 11 is 3.34. The lowest BCUT2D eigenvalue weighted by atomic mass is 10.1. The maximum absolute atomic E-state index is 12.4. The Morgan fingerprint density at radius 3 is 2.58 bits per heavy atom. The Bertz CT molecular complexity index is 1040. The fraction of sp³-hybridized carbons (Fsp3) is 0. The number of nitrogens with one attached hydrogen (secondary N) is 1. The number of halogens is 1. The van der Waals surface area contributed by atoms with Gasteiger partial charge in [0.05, 0.1) is 23.0 Å². The van der Waals surface area contributed by atoms with E-state index in [4.69, 9.17) is 5.73 Å². The SMILES string of the molecule is NC(=O)c1c(NS(=O)(=O)c2ccccn2)cnc2c(Br)cccc12. The molecular formula is C15H11BrN4O3S. The fourth-order valence-electron chi connectivity index (χ4n) is 2.23. The minimum atomic E-state index is -3.97. The van der Waals surface area contributed by atoms with E-state index in [1.807, 2.05) is 0 Å². The summed E-state index contributed by atoms with van der Waals surface area (Å²) in [6, 6.07) is 9.60. The van der Waals surface area contributed by atoms with E-state index < -0.39 is 15.9 Å². The lowest BCUT2D eigenvalue weighted by Crippen LogP contribution is -2.20. The fourth-order valence-corrected chi connectivity index (χ4v) is 3.71. The summed E-state index contributed by atoms with van der Waals surface area (Å²) in [5.41, 5.74) is 6.00. The van der Waals surface area contributed by atoms with Crippen LogP contribution in [0.15, 0.2) is 58.3 Å². The number of para-hydroxylation sites is 1. The predicted octanol–water partition coefficient (Wildman–Crippen LogP) is 2.29. The van der Waals surface area contributed by atoms with Crippen molar-refractivity contribution in [1.29, 1.82) is 0 Å². The maximum Gasteiger partial charge on any atom is 0.279 e. The molecule has 122 valence electrons. The van der Waals surface area contributed by atoms with Crippen molar-refractivity contribution in [1.82, 2.24) is 9.97 Å². The Labute approximate surface area is 146 Å². The molecule has 0 unspecified atom stereocenters. The van der Waals surface area contributed by atoms with Crippen LogP contribution in [-0.2, 0) is 10.0 Å². The number of carbonyl (C=O) groups is 1. The standard InChI is InChI=1S/C15H11BrN4O3S/c16-10-5-3-4-9-13(15(17)21)11(8-19-14(9)10)20-24(22,23)12-6-1-2-7-18-12/h1-8,20H,(H2,17,21). The quantitative estimate of drug-likeness (QED) is 0.689. The van der Waals surface area contributed by atoms with Gasteiger partial charge in [-0.05, 0) is 34.1 Å². The van der Waals surface area contributed by atoms with E-state index in [1.165, 1.54) is 18.5 Å². The van der Waals surface area contributed by atoms with Crippen LogP contribution in [0.25, 0.3) is 10.9 Å². The van der Waals surface area contributed by atoms with Crippen LogP contribution in [0.3, 0.4) is 0 Å². The van der Waals surface area contributed by atoms with Gasteiger partial charge in [0.25, 0.3) is 15.9 Å². The summed E-state index contributed by atoms with van der Waals surface area (Å²) in [6.45, 7) is 0. The van der Waals surface area contributed by atoms with Gasteiger partial charge in [0.2, 0.25) is 0 Å². The Kier molecular flexibility index (Phi) is 4.20. The molecule has 3 N–H and O–H groups in total. The third-order valence-electron chi connectivity index (χ3n) is 3.25. The van der Waals surface area contributed by atoms with Gasteiger partial charge in [0.1, 0.15) is 0 Å². The highest BCUT2D eigenvalue weighted by Gasteiger charge is 2.21. The number of aromatic nitrogens is 2. The van der Waals surface area contributed by atoms with Crippen molar-refractivity contribution in [2.24, 2.45) is 5.73 Å². The normalized spacial score (nSPS) is 11.4. The van der Waals surface area contributed by atoms with Crippen molar-refractivity contribution >= 4 is 48.5 Å². The Balaban J connectivity index is 2.17. The molecule has 1 amide bonds. The summed E-state index contributed by atoms with van der Waals surface area (Å²) in [4.78, 5) is 19.9. The smallest absolute Gasteiger partial charge is 0.279 e. The molecule has 0 bridgehead atoms. The molecule has 0 atom stereocenters. The lowest BCUT2D eigenvalue weighted by Gasteiger charge is -2.12. The van der Waals surface area contributed by atoms with Crippen LogP contribution >= 0.6 is 15.9 Å². The number of hydrogen-bond donors (Lipinski definition) is 2. The van der Waals surface area contributed by atoms with Crippen LogP contribution < -0.4 is 10.5 Å². The zero-order valence-electron chi connectivity index (χ0n) is 12.1. The molecular weight excluding hydrogens is 396 g/mol. The molecule has 0 aliphatic carbocycles. The second-order valence-electron chi connectivity index (χ2n) is 4.82. The molecule has 3 rings (SSSR count). The number of benzene rings is 1. The van der Waals surface area contributed by atoms with Gasteiger partial charge in [0.15, 0.2) is 5.03 Å². The average molecular weight is 407 g/mol. The third kappa shape index (κ3) is 2.95. The number of amides is 1. The first kappa shape index (κ1) is 16.3. The first-order valence-electron chi connectivity index (χ1n) is 6.71. The van der Waals surface area contributed by atoms with Crippen LogP contribution in [0, 0.1) is 0 Å². The first-order chi connectivity index (χ1) is 11.4. The summed E-state index contributed by atoms with van der Waals surface area (Å²) in [6.07, 6.45) is 2.62. The van der Waals surface area contributed by atoms with Crippen LogP contribution in [0.1, 0.15) is 10.4 Å². The van der Waals surface area contributed by atoms with Gasteiger partial charge in [-0.15, -0.1) is 0 Å². The number of primary amides is 1. The molecule has 1 aromatic carbocycles. The van der Waals surface area contributed by atoms with Gasteiger partial charge in [-0.3, -0.25) is 14.5 Å². The summed E-state index contributed by atoms with van der Waals surface area (Å²) in [5.74, 6) is -0.765. The monoisotopic (exact) mass is 406 g/mol. The molecule has 0 saturated heterocycles. The predicted molar refractivity (Wildman–Crippen MR) is 93.0 cm³/mol. The molecule has 7 nitrogen and oxygen atoms in total. The number of carbonyl (C=O) groups excluding carboxylic acids is 1. The van der Waals surface area contributed by atoms with Gasteiger partial charge in [-0.2, -0.15) is 8.42 Å². The second-order valence-corrected chi connectivity index (χ2v) is 7.30. The second kappa shape index (κ2) is 6.17. The number of nitrogens with zero attached hydrogens (tertiary/aromatic N) is 2. The molecule has 2 aromatic heterocycles. The van der Waals surface area contributed by atoms with Crippen molar-refractivity contribution < 1.29 is 13.2 Å². The number of rotatable bonds is 4. The lowest BCUT2D eigenvalue weighted by molar-refractivity contribution is 0.100. The molecule has 9 heteroatoms. The highest BCUT2D eigenvalue weighted by Crippen LogP contribution is 2.29. The molecule has 0 aliphatic rings. The van der Waals surface area contributed by atoms with Crippen molar-refractivity contribution in [3.8, 4) is 0 Å². The Morgan fingerprint density at radius 2 is 1.92 bits per heavy atom.